The van der Waals surface area contributed by atoms with Crippen molar-refractivity contribution in [2.24, 2.45) is 11.7 Å². The first-order valence-corrected chi connectivity index (χ1v) is 8.23. The Balaban J connectivity index is 1.75. The summed E-state index contributed by atoms with van der Waals surface area (Å²) >= 11 is 0. The molecule has 0 heterocycles. The maximum Gasteiger partial charge on any atom is 0.0196 e. The van der Waals surface area contributed by atoms with Gasteiger partial charge in [0.15, 0.2) is 0 Å². The molecule has 2 N–H and O–H groups in total. The van der Waals surface area contributed by atoms with E-state index in [9.17, 15) is 0 Å². The third-order valence-electron chi connectivity index (χ3n) is 5.20. The molecule has 2 rings (SSSR count). The van der Waals surface area contributed by atoms with E-state index in [0.29, 0.717) is 6.04 Å². The Hall–Kier alpha value is -0.0800. The van der Waals surface area contributed by atoms with Crippen molar-refractivity contribution in [3.63, 3.8) is 0 Å². The fourth-order valence-corrected chi connectivity index (χ4v) is 3.89. The minimum Gasteiger partial charge on any atom is -0.326 e. The number of hydrogen-bond acceptors (Lipinski definition) is 2. The molecule has 1 unspecified atom stereocenters. The van der Waals surface area contributed by atoms with Crippen LogP contribution in [-0.4, -0.2) is 30.6 Å². The molecule has 2 nitrogen and oxygen atoms in total. The van der Waals surface area contributed by atoms with Gasteiger partial charge in [-0.2, -0.15) is 0 Å². The first kappa shape index (κ1) is 14.3. The Morgan fingerprint density at radius 1 is 0.889 bits per heavy atom. The van der Waals surface area contributed by atoms with Gasteiger partial charge in [-0.05, 0) is 38.6 Å². The third kappa shape index (κ3) is 4.24. The molecule has 2 fully saturated rings. The van der Waals surface area contributed by atoms with Gasteiger partial charge in [0.1, 0.15) is 0 Å². The van der Waals surface area contributed by atoms with Gasteiger partial charge in [0.25, 0.3) is 0 Å². The Kier molecular flexibility index (Phi) is 5.97. The molecule has 2 saturated carbocycles. The molecule has 0 bridgehead atoms. The molecule has 2 aliphatic rings. The van der Waals surface area contributed by atoms with Gasteiger partial charge in [-0.15, -0.1) is 0 Å². The smallest absolute Gasteiger partial charge is 0.0196 e. The van der Waals surface area contributed by atoms with Crippen molar-refractivity contribution in [3.8, 4) is 0 Å². The van der Waals surface area contributed by atoms with E-state index in [4.69, 9.17) is 5.73 Å². The molecule has 2 heteroatoms. The van der Waals surface area contributed by atoms with Crippen LogP contribution in [0, 0.1) is 5.92 Å². The second kappa shape index (κ2) is 7.49. The topological polar surface area (TPSA) is 29.3 Å². The number of likely N-dealkylation sites (N-methyl/N-ethyl adjacent to an activating group) is 1. The van der Waals surface area contributed by atoms with Crippen molar-refractivity contribution < 1.29 is 0 Å². The lowest BCUT2D eigenvalue weighted by Gasteiger charge is -2.34. The first-order valence-electron chi connectivity index (χ1n) is 8.23. The summed E-state index contributed by atoms with van der Waals surface area (Å²) in [5.41, 5.74) is 6.45. The minimum atomic E-state index is 0.415. The average molecular weight is 252 g/mol. The summed E-state index contributed by atoms with van der Waals surface area (Å²) in [6.07, 6.45) is 15.5. The Bertz CT molecular complexity index is 215. The van der Waals surface area contributed by atoms with E-state index >= 15 is 0 Å². The van der Waals surface area contributed by atoms with Crippen LogP contribution in [0.25, 0.3) is 0 Å². The molecule has 2 aliphatic carbocycles. The van der Waals surface area contributed by atoms with Crippen molar-refractivity contribution in [1.82, 2.24) is 4.90 Å². The van der Waals surface area contributed by atoms with E-state index in [2.05, 4.69) is 11.9 Å². The van der Waals surface area contributed by atoms with Gasteiger partial charge in [0.2, 0.25) is 0 Å². The predicted molar refractivity (Wildman–Crippen MR) is 78.7 cm³/mol. The molecule has 0 radical (unpaired) electrons. The number of hydrogen-bond donors (Lipinski definition) is 1. The van der Waals surface area contributed by atoms with Crippen molar-refractivity contribution in [3.05, 3.63) is 0 Å². The van der Waals surface area contributed by atoms with Crippen LogP contribution >= 0.6 is 0 Å². The van der Waals surface area contributed by atoms with Crippen LogP contribution in [0.15, 0.2) is 0 Å². The van der Waals surface area contributed by atoms with Gasteiger partial charge in [-0.25, -0.2) is 0 Å². The molecule has 106 valence electrons. The fraction of sp³-hybridized carbons (Fsp3) is 1.00. The largest absolute Gasteiger partial charge is 0.326 e. The molecule has 0 amide bonds. The Labute approximate surface area is 113 Å². The Morgan fingerprint density at radius 3 is 2.00 bits per heavy atom. The van der Waals surface area contributed by atoms with Crippen LogP contribution in [0.1, 0.15) is 70.6 Å². The van der Waals surface area contributed by atoms with Gasteiger partial charge in [-0.1, -0.05) is 44.9 Å². The van der Waals surface area contributed by atoms with Gasteiger partial charge in [0.05, 0.1) is 0 Å². The van der Waals surface area contributed by atoms with Crippen LogP contribution in [0.2, 0.25) is 0 Å². The van der Waals surface area contributed by atoms with Crippen molar-refractivity contribution in [2.75, 3.05) is 13.6 Å². The second-order valence-corrected chi connectivity index (χ2v) is 6.65. The number of nitrogens with two attached hydrogens (primary N) is 1. The minimum absolute atomic E-state index is 0.415. The lowest BCUT2D eigenvalue weighted by atomic mass is 9.84. The number of nitrogens with zero attached hydrogens (tertiary/aromatic N) is 1. The maximum absolute atomic E-state index is 6.45. The normalized spacial score (nSPS) is 26.2. The predicted octanol–water partition coefficient (Wildman–Crippen LogP) is 3.55. The summed E-state index contributed by atoms with van der Waals surface area (Å²) in [7, 11) is 2.30. The van der Waals surface area contributed by atoms with Crippen LogP contribution in [0.4, 0.5) is 0 Å². The molecule has 0 aromatic rings. The molecule has 0 aromatic heterocycles. The van der Waals surface area contributed by atoms with Crippen LogP contribution < -0.4 is 5.73 Å². The third-order valence-corrected chi connectivity index (χ3v) is 5.20. The molecular weight excluding hydrogens is 220 g/mol. The van der Waals surface area contributed by atoms with Gasteiger partial charge >= 0.3 is 0 Å². The molecule has 0 spiro atoms. The first-order chi connectivity index (χ1) is 8.77. The highest BCUT2D eigenvalue weighted by atomic mass is 15.1. The summed E-state index contributed by atoms with van der Waals surface area (Å²) < 4.78 is 0. The summed E-state index contributed by atoms with van der Waals surface area (Å²) in [6, 6.07) is 1.22. The van der Waals surface area contributed by atoms with Gasteiger partial charge in [-0.3, -0.25) is 0 Å². The van der Waals surface area contributed by atoms with Crippen LogP contribution in [0.3, 0.4) is 0 Å². The zero-order valence-corrected chi connectivity index (χ0v) is 12.2. The van der Waals surface area contributed by atoms with E-state index in [0.717, 1.165) is 18.5 Å². The van der Waals surface area contributed by atoms with Crippen LogP contribution in [-0.2, 0) is 0 Å². The van der Waals surface area contributed by atoms with Crippen molar-refractivity contribution >= 4 is 0 Å². The van der Waals surface area contributed by atoms with E-state index in [1.54, 1.807) is 0 Å². The molecule has 0 aromatic carbocycles. The van der Waals surface area contributed by atoms with Crippen LogP contribution in [0.5, 0.6) is 0 Å². The summed E-state index contributed by atoms with van der Waals surface area (Å²) in [6.45, 7) is 1.12. The molecule has 0 saturated heterocycles. The standard InChI is InChI=1S/C16H32N2/c1-18(15-11-7-2-3-8-12-15)13-16(17)14-9-5-4-6-10-14/h14-16H,2-13,17H2,1H3. The lowest BCUT2D eigenvalue weighted by Crippen LogP contribution is -2.45. The highest BCUT2D eigenvalue weighted by Crippen LogP contribution is 2.27. The highest BCUT2D eigenvalue weighted by Gasteiger charge is 2.24. The SMILES string of the molecule is CN(CC(N)C1CCCCC1)C1CCCCCC1. The highest BCUT2D eigenvalue weighted by molar-refractivity contribution is 4.81. The summed E-state index contributed by atoms with van der Waals surface area (Å²) in [5, 5.41) is 0. The van der Waals surface area contributed by atoms with E-state index in [1.807, 2.05) is 0 Å². The molecule has 1 atom stereocenters. The zero-order chi connectivity index (χ0) is 12.8. The van der Waals surface area contributed by atoms with Gasteiger partial charge in [0, 0.05) is 18.6 Å². The van der Waals surface area contributed by atoms with Crippen molar-refractivity contribution in [1.29, 1.82) is 0 Å². The summed E-state index contributed by atoms with van der Waals surface area (Å²) in [5.74, 6) is 0.798. The van der Waals surface area contributed by atoms with E-state index in [-0.39, 0.29) is 0 Å². The Morgan fingerprint density at radius 2 is 1.39 bits per heavy atom. The molecule has 18 heavy (non-hydrogen) atoms. The number of rotatable bonds is 4. The molecule has 0 aliphatic heterocycles. The van der Waals surface area contributed by atoms with Gasteiger partial charge < -0.3 is 10.6 Å². The fourth-order valence-electron chi connectivity index (χ4n) is 3.89. The summed E-state index contributed by atoms with van der Waals surface area (Å²) in [4.78, 5) is 2.57. The average Bonchev–Trinajstić information content (AvgIpc) is 2.68. The maximum atomic E-state index is 6.45. The monoisotopic (exact) mass is 252 g/mol. The zero-order valence-electron chi connectivity index (χ0n) is 12.2. The lowest BCUT2D eigenvalue weighted by molar-refractivity contribution is 0.176. The van der Waals surface area contributed by atoms with E-state index < -0.39 is 0 Å². The molecular formula is C16H32N2. The van der Waals surface area contributed by atoms with E-state index in [1.165, 1.54) is 70.6 Å². The quantitative estimate of drug-likeness (QED) is 0.775. The second-order valence-electron chi connectivity index (χ2n) is 6.65. The van der Waals surface area contributed by atoms with Crippen molar-refractivity contribution in [2.45, 2.75) is 82.7 Å².